The molecule has 1 saturated carbocycles. The van der Waals surface area contributed by atoms with Crippen molar-refractivity contribution in [3.8, 4) is 17.2 Å². The number of aliphatic hydroxyl groups excluding tert-OH is 1. The molecule has 4 fully saturated rings. The summed E-state index contributed by atoms with van der Waals surface area (Å²) >= 11 is 0. The van der Waals surface area contributed by atoms with Gasteiger partial charge in [-0.05, 0) is 37.8 Å². The van der Waals surface area contributed by atoms with Crippen molar-refractivity contribution in [1.29, 1.82) is 0 Å². The number of hydrogen-bond donors (Lipinski definition) is 5. The molecule has 115 heavy (non-hydrogen) atoms. The molecule has 5 N–H and O–H groups in total. The number of rotatable bonds is 50. The minimum atomic E-state index is -1.33. The molecule has 42 heteroatoms. The minimum Gasteiger partial charge on any atom is -0.487 e. The number of amides is 4. The van der Waals surface area contributed by atoms with E-state index in [4.69, 9.17) is 114 Å². The Balaban J connectivity index is 1.25. The highest BCUT2D eigenvalue weighted by atomic mass is 16.7. The number of carbonyl (C=O) groups is 13. The first-order valence-corrected chi connectivity index (χ1v) is 37.4. The van der Waals surface area contributed by atoms with Crippen LogP contribution in [0.25, 0.3) is 0 Å². The largest absolute Gasteiger partial charge is 0.487 e. The predicted molar refractivity (Wildman–Crippen MR) is 383 cm³/mol. The van der Waals surface area contributed by atoms with Gasteiger partial charge in [0.1, 0.15) is 76.1 Å². The molecule has 15 atom stereocenters. The van der Waals surface area contributed by atoms with Crippen molar-refractivity contribution in [2.24, 2.45) is 0 Å². The fourth-order valence-corrected chi connectivity index (χ4v) is 12.1. The number of carbonyl (C=O) groups excluding carboxylic acids is 13. The van der Waals surface area contributed by atoms with Crippen LogP contribution in [-0.2, 0) is 157 Å². The van der Waals surface area contributed by atoms with Gasteiger partial charge in [0, 0.05) is 94.7 Å². The molecule has 1 aromatic rings. The Kier molecular flexibility index (Phi) is 43.8. The second-order valence-electron chi connectivity index (χ2n) is 26.3. The van der Waals surface area contributed by atoms with Crippen LogP contribution in [-0.4, -0.2) is 325 Å². The average molecular weight is 1650 g/mol. The smallest absolute Gasteiger partial charge is 0.303 e. The summed E-state index contributed by atoms with van der Waals surface area (Å²) in [5, 5.41) is 21.1. The Bertz CT molecular complexity index is 3150. The first kappa shape index (κ1) is 96.8. The van der Waals surface area contributed by atoms with Crippen molar-refractivity contribution in [1.82, 2.24) is 21.3 Å². The molecule has 0 unspecified atom stereocenters. The summed E-state index contributed by atoms with van der Waals surface area (Å²) < 4.78 is 138. The quantitative estimate of drug-likeness (QED) is 0.0296. The Morgan fingerprint density at radius 2 is 0.591 bits per heavy atom. The lowest BCUT2D eigenvalue weighted by Gasteiger charge is -2.44. The molecule has 4 amide bonds. The zero-order valence-corrected chi connectivity index (χ0v) is 66.7. The molecule has 3 aliphatic heterocycles. The summed E-state index contributed by atoms with van der Waals surface area (Å²) in [4.78, 5) is 160. The number of esters is 9. The zero-order chi connectivity index (χ0) is 84.5. The maximum atomic E-state index is 14.1. The van der Waals surface area contributed by atoms with Gasteiger partial charge in [-0.1, -0.05) is 0 Å². The van der Waals surface area contributed by atoms with E-state index < -0.39 is 195 Å². The van der Waals surface area contributed by atoms with Crippen LogP contribution in [0.3, 0.4) is 0 Å². The van der Waals surface area contributed by atoms with Crippen LogP contribution in [0.2, 0.25) is 0 Å². The van der Waals surface area contributed by atoms with Crippen LogP contribution in [0.4, 0.5) is 0 Å². The van der Waals surface area contributed by atoms with E-state index in [0.717, 1.165) is 62.3 Å². The molecular weight excluding hydrogens is 1540 g/mol. The highest BCUT2D eigenvalue weighted by Gasteiger charge is 2.54. The first-order valence-electron chi connectivity index (χ1n) is 37.4. The molecule has 5 rings (SSSR count). The summed E-state index contributed by atoms with van der Waals surface area (Å²) in [5.41, 5.74) is 0.118. The second-order valence-corrected chi connectivity index (χ2v) is 26.3. The predicted octanol–water partition coefficient (Wildman–Crippen LogP) is -1.03. The Morgan fingerprint density at radius 1 is 0.330 bits per heavy atom. The molecule has 4 aliphatic rings. The van der Waals surface area contributed by atoms with Crippen LogP contribution in [0.15, 0.2) is 12.1 Å². The molecule has 650 valence electrons. The van der Waals surface area contributed by atoms with Crippen LogP contribution in [0.5, 0.6) is 17.2 Å². The lowest BCUT2D eigenvalue weighted by molar-refractivity contribution is -0.279. The van der Waals surface area contributed by atoms with Gasteiger partial charge in [0.15, 0.2) is 67.0 Å². The molecule has 42 nitrogen and oxygen atoms in total. The normalized spacial score (nSPS) is 25.0. The summed E-state index contributed by atoms with van der Waals surface area (Å²) in [7, 11) is 0. The second kappa shape index (κ2) is 52.0. The van der Waals surface area contributed by atoms with Crippen LogP contribution in [0.1, 0.15) is 119 Å². The highest BCUT2D eigenvalue weighted by Crippen LogP contribution is 2.40. The summed E-state index contributed by atoms with van der Waals surface area (Å²) in [5.74, 6) is -8.69. The third-order valence-electron chi connectivity index (χ3n) is 16.6. The Labute approximate surface area is 664 Å². The number of aliphatic hydroxyl groups is 1. The molecular formula is C73H110N4O38. The number of hydrogen-bond acceptors (Lipinski definition) is 38. The van der Waals surface area contributed by atoms with Gasteiger partial charge in [-0.3, -0.25) is 62.3 Å². The summed E-state index contributed by atoms with van der Waals surface area (Å²) in [6.07, 6.45) is -14.0. The van der Waals surface area contributed by atoms with Crippen molar-refractivity contribution in [2.75, 3.05) is 139 Å². The molecule has 1 aliphatic carbocycles. The van der Waals surface area contributed by atoms with Crippen molar-refractivity contribution in [3.05, 3.63) is 17.7 Å². The number of nitrogens with one attached hydrogen (secondary N) is 4. The van der Waals surface area contributed by atoms with Gasteiger partial charge in [-0.15, -0.1) is 0 Å². The molecule has 3 saturated heterocycles. The van der Waals surface area contributed by atoms with Gasteiger partial charge in [0.25, 0.3) is 5.91 Å². The number of benzene rings is 1. The lowest BCUT2D eigenvalue weighted by atomic mass is 9.93. The Hall–Kier alpha value is -8.79. The van der Waals surface area contributed by atoms with E-state index in [0.29, 0.717) is 25.7 Å². The van der Waals surface area contributed by atoms with E-state index in [1.807, 2.05) is 0 Å². The van der Waals surface area contributed by atoms with E-state index in [1.165, 1.54) is 32.9 Å². The van der Waals surface area contributed by atoms with E-state index in [-0.39, 0.29) is 148 Å². The fraction of sp³-hybridized carbons (Fsp3) is 0.740. The molecule has 0 aromatic heterocycles. The lowest BCUT2D eigenvalue weighted by Crippen LogP contribution is -2.66. The van der Waals surface area contributed by atoms with E-state index in [9.17, 15) is 67.4 Å². The topological polar surface area (TPSA) is 512 Å². The summed E-state index contributed by atoms with van der Waals surface area (Å²) in [6.45, 7) is 11.6. The van der Waals surface area contributed by atoms with Gasteiger partial charge >= 0.3 is 53.7 Å². The summed E-state index contributed by atoms with van der Waals surface area (Å²) in [6, 6.07) is -0.917. The molecule has 0 bridgehead atoms. The standard InChI is InChI=1S/C73H110N4O38/c1-40(78)74-60-67(110-49(10)87)64(107-46(7)84)57(37-104-43(4)81)113-71(60)101-32-26-95-20-17-92-23-29-98-55-35-52(70(91)77-53-13-15-54(90)16-14-53)36-56(99-30-24-93-18-21-96-27-33-102-72-61(75-41(2)79)68(111-50(11)88)65(108-47(8)85)58(114-72)38-105-44(5)82)63(55)100-31-25-94-19-22-97-28-34-103-73-62(76-42(3)80)69(112-51(12)89)66(109-48(9)86)59(115-73)39-106-45(6)83/h35-36,53-54,57-62,64-69,71-73,90H,13-34,37-39H2,1-12H3,(H,74,78)(H,75,79)(H,76,80)(H,77,91)/t53-,54+,57-,58-,59-,60-,61-,62-,64+,65+,66+,67-,68-,69-,71-,72-,73-/m1/s1. The van der Waals surface area contributed by atoms with Crippen molar-refractivity contribution in [2.45, 2.75) is 213 Å². The average Bonchev–Trinajstić information content (AvgIpc) is 0.799. The van der Waals surface area contributed by atoms with Crippen molar-refractivity contribution in [3.63, 3.8) is 0 Å². The van der Waals surface area contributed by atoms with Crippen LogP contribution in [0, 0.1) is 0 Å². The highest BCUT2D eigenvalue weighted by molar-refractivity contribution is 5.96. The maximum absolute atomic E-state index is 14.1. The van der Waals surface area contributed by atoms with Crippen LogP contribution >= 0.6 is 0 Å². The maximum Gasteiger partial charge on any atom is 0.303 e. The van der Waals surface area contributed by atoms with Crippen LogP contribution < -0.4 is 35.5 Å². The monoisotopic (exact) mass is 1650 g/mol. The fourth-order valence-electron chi connectivity index (χ4n) is 12.1. The van der Waals surface area contributed by atoms with Gasteiger partial charge < -0.3 is 140 Å². The Morgan fingerprint density at radius 3 is 0.861 bits per heavy atom. The molecule has 1 aromatic carbocycles. The number of ether oxygens (including phenoxy) is 24. The van der Waals surface area contributed by atoms with E-state index in [2.05, 4.69) is 21.3 Å². The molecule has 0 spiro atoms. The SMILES string of the molecule is CC(=O)N[C@H]1[C@H](OCCOCCOCCOc2cc(C(=O)N[C@H]3CC[C@@H](O)CC3)cc(OCCOCCOCCO[C@@H]3O[C@H](COC(C)=O)[C@H](OC(C)=O)[C@H](OC(C)=O)[C@H]3NC(C)=O)c2OCCOCCOCCO[C@@H]2O[C@H](COC(C)=O)[C@H](OC(C)=O)[C@H](OC(C)=O)[C@H]2NC(C)=O)O[C@H](COC(C)=O)[C@H](OC(C)=O)[C@@H]1OC(C)=O. The first-order chi connectivity index (χ1) is 54.8. The molecule has 0 radical (unpaired) electrons. The zero-order valence-electron chi connectivity index (χ0n) is 66.7. The van der Waals surface area contributed by atoms with E-state index in [1.54, 1.807) is 0 Å². The third kappa shape index (κ3) is 36.5. The minimum absolute atomic E-state index is 0.0283. The molecule has 3 heterocycles. The van der Waals surface area contributed by atoms with Gasteiger partial charge in [0.2, 0.25) is 23.5 Å². The van der Waals surface area contributed by atoms with Crippen molar-refractivity contribution < 1.29 is 181 Å². The third-order valence-corrected chi connectivity index (χ3v) is 16.6. The van der Waals surface area contributed by atoms with Gasteiger partial charge in [-0.25, -0.2) is 0 Å². The van der Waals surface area contributed by atoms with Gasteiger partial charge in [-0.2, -0.15) is 0 Å². The van der Waals surface area contributed by atoms with Crippen molar-refractivity contribution >= 4 is 77.4 Å². The van der Waals surface area contributed by atoms with E-state index >= 15 is 0 Å². The van der Waals surface area contributed by atoms with Gasteiger partial charge in [0.05, 0.1) is 105 Å².